The molecule has 27 heavy (non-hydrogen) atoms. The minimum atomic E-state index is -1.15. The van der Waals surface area contributed by atoms with E-state index in [1.54, 1.807) is 0 Å². The number of fused-ring (bicyclic) bond motifs is 3. The number of benzene rings is 3. The second-order valence-electron chi connectivity index (χ2n) is 7.36. The molecule has 2 aliphatic rings. The van der Waals surface area contributed by atoms with E-state index < -0.39 is 17.2 Å². The Morgan fingerprint density at radius 1 is 0.889 bits per heavy atom. The predicted octanol–water partition coefficient (Wildman–Crippen LogP) is 3.44. The van der Waals surface area contributed by atoms with Gasteiger partial charge in [-0.3, -0.25) is 4.79 Å². The monoisotopic (exact) mass is 356 g/mol. The first-order valence-corrected chi connectivity index (χ1v) is 9.11. The van der Waals surface area contributed by atoms with Crippen molar-refractivity contribution < 1.29 is 9.90 Å². The third-order valence-electron chi connectivity index (χ3n) is 6.10. The Morgan fingerprint density at radius 3 is 2.19 bits per heavy atom. The number of hydrogen-bond acceptors (Lipinski definition) is 3. The fourth-order valence-electron chi connectivity index (χ4n) is 4.85. The van der Waals surface area contributed by atoms with Gasteiger partial charge < -0.3 is 15.3 Å². The van der Waals surface area contributed by atoms with Crippen LogP contribution >= 0.6 is 0 Å². The molecular formula is C23H20N2O2. The lowest BCUT2D eigenvalue weighted by Gasteiger charge is -2.45. The largest absolute Gasteiger partial charge is 0.382 e. The Bertz CT molecular complexity index is 1020. The summed E-state index contributed by atoms with van der Waals surface area (Å²) in [6.45, 7) is 1.98. The van der Waals surface area contributed by atoms with Crippen molar-refractivity contribution in [2.45, 2.75) is 24.1 Å². The standard InChI is InChI=1S/C23H20N2O2/c1-22-18-14-8-9-15-19(18)25(17-12-6-3-7-13-17)23(22,24-21(27)20(22)26)16-10-4-2-5-11-16/h2-15,20,26H,1H3,(H,24,27)/t20-,22-,23-/m0/s1. The van der Waals surface area contributed by atoms with E-state index in [1.807, 2.05) is 85.8 Å². The number of anilines is 2. The van der Waals surface area contributed by atoms with Crippen molar-refractivity contribution in [3.8, 4) is 0 Å². The molecule has 0 radical (unpaired) electrons. The van der Waals surface area contributed by atoms with E-state index in [4.69, 9.17) is 0 Å². The summed E-state index contributed by atoms with van der Waals surface area (Å²) >= 11 is 0. The maximum atomic E-state index is 12.8. The second kappa shape index (κ2) is 5.44. The number of aliphatic hydroxyl groups is 1. The van der Waals surface area contributed by atoms with Gasteiger partial charge in [-0.1, -0.05) is 66.7 Å². The van der Waals surface area contributed by atoms with Crippen LogP contribution in [0, 0.1) is 0 Å². The summed E-state index contributed by atoms with van der Waals surface area (Å²) in [5.41, 5.74) is 2.12. The first-order chi connectivity index (χ1) is 13.1. The van der Waals surface area contributed by atoms with E-state index >= 15 is 0 Å². The Hall–Kier alpha value is -3.11. The third kappa shape index (κ3) is 1.83. The number of amides is 1. The van der Waals surface area contributed by atoms with Gasteiger partial charge in [0, 0.05) is 11.4 Å². The number of para-hydroxylation sites is 2. The van der Waals surface area contributed by atoms with Crippen LogP contribution < -0.4 is 10.2 Å². The van der Waals surface area contributed by atoms with Gasteiger partial charge in [-0.05, 0) is 36.2 Å². The Kier molecular flexibility index (Phi) is 3.24. The molecule has 2 N–H and O–H groups in total. The second-order valence-corrected chi connectivity index (χ2v) is 7.36. The minimum absolute atomic E-state index is 0.350. The van der Waals surface area contributed by atoms with Crippen LogP contribution in [0.4, 0.5) is 11.4 Å². The van der Waals surface area contributed by atoms with E-state index in [1.165, 1.54) is 0 Å². The fraction of sp³-hybridized carbons (Fsp3) is 0.174. The predicted molar refractivity (Wildman–Crippen MR) is 105 cm³/mol. The smallest absolute Gasteiger partial charge is 0.252 e. The first-order valence-electron chi connectivity index (χ1n) is 9.11. The molecule has 1 amide bonds. The molecule has 2 aliphatic heterocycles. The highest BCUT2D eigenvalue weighted by Crippen LogP contribution is 2.61. The van der Waals surface area contributed by atoms with E-state index in [-0.39, 0.29) is 5.91 Å². The van der Waals surface area contributed by atoms with Crippen LogP contribution in [0.3, 0.4) is 0 Å². The lowest BCUT2D eigenvalue weighted by atomic mass is 9.70. The van der Waals surface area contributed by atoms with Crippen molar-refractivity contribution in [1.29, 1.82) is 0 Å². The molecule has 5 rings (SSSR count). The lowest BCUT2D eigenvalue weighted by molar-refractivity contribution is -0.127. The molecule has 1 fully saturated rings. The fourth-order valence-corrected chi connectivity index (χ4v) is 4.85. The molecule has 4 nitrogen and oxygen atoms in total. The van der Waals surface area contributed by atoms with Gasteiger partial charge in [0.1, 0.15) is 6.10 Å². The van der Waals surface area contributed by atoms with Crippen LogP contribution in [-0.2, 0) is 15.9 Å². The number of rotatable bonds is 2. The number of aliphatic hydroxyl groups excluding tert-OH is 1. The van der Waals surface area contributed by atoms with E-state index in [9.17, 15) is 9.90 Å². The molecular weight excluding hydrogens is 336 g/mol. The average molecular weight is 356 g/mol. The molecule has 1 saturated heterocycles. The molecule has 3 atom stereocenters. The van der Waals surface area contributed by atoms with Gasteiger partial charge in [0.05, 0.1) is 5.41 Å². The molecule has 0 bridgehead atoms. The van der Waals surface area contributed by atoms with Crippen LogP contribution in [0.15, 0.2) is 84.9 Å². The molecule has 3 aromatic carbocycles. The summed E-state index contributed by atoms with van der Waals surface area (Å²) < 4.78 is 0. The molecule has 0 saturated carbocycles. The van der Waals surface area contributed by atoms with Crippen LogP contribution in [0.1, 0.15) is 18.1 Å². The van der Waals surface area contributed by atoms with Gasteiger partial charge >= 0.3 is 0 Å². The van der Waals surface area contributed by atoms with Gasteiger partial charge in [-0.2, -0.15) is 0 Å². The summed E-state index contributed by atoms with van der Waals surface area (Å²) in [5, 5.41) is 14.2. The topological polar surface area (TPSA) is 52.6 Å². The molecule has 0 spiro atoms. The zero-order valence-corrected chi connectivity index (χ0v) is 15.0. The summed E-state index contributed by atoms with van der Waals surface area (Å²) in [6.07, 6.45) is -1.15. The first kappa shape index (κ1) is 16.1. The van der Waals surface area contributed by atoms with Crippen molar-refractivity contribution in [1.82, 2.24) is 5.32 Å². The Labute approximate surface area is 158 Å². The van der Waals surface area contributed by atoms with Crippen molar-refractivity contribution in [3.05, 3.63) is 96.1 Å². The van der Waals surface area contributed by atoms with Gasteiger partial charge in [-0.15, -0.1) is 0 Å². The number of hydrogen-bond donors (Lipinski definition) is 2. The quantitative estimate of drug-likeness (QED) is 0.740. The minimum Gasteiger partial charge on any atom is -0.382 e. The van der Waals surface area contributed by atoms with Gasteiger partial charge in [0.25, 0.3) is 5.91 Å². The summed E-state index contributed by atoms with van der Waals surface area (Å²) in [6, 6.07) is 27.9. The molecule has 0 aliphatic carbocycles. The average Bonchev–Trinajstić information content (AvgIpc) is 3.07. The maximum absolute atomic E-state index is 12.8. The lowest BCUT2D eigenvalue weighted by Crippen LogP contribution is -2.58. The highest BCUT2D eigenvalue weighted by Gasteiger charge is 2.70. The normalized spacial score (nSPS) is 28.6. The van der Waals surface area contributed by atoms with Crippen molar-refractivity contribution in [2.75, 3.05) is 4.90 Å². The Morgan fingerprint density at radius 2 is 1.48 bits per heavy atom. The molecule has 0 unspecified atom stereocenters. The zero-order chi connectivity index (χ0) is 18.6. The molecule has 0 aromatic heterocycles. The molecule has 134 valence electrons. The number of nitrogens with zero attached hydrogens (tertiary/aromatic N) is 1. The van der Waals surface area contributed by atoms with Gasteiger partial charge in [0.2, 0.25) is 0 Å². The van der Waals surface area contributed by atoms with Crippen molar-refractivity contribution >= 4 is 17.3 Å². The third-order valence-corrected chi connectivity index (χ3v) is 6.10. The van der Waals surface area contributed by atoms with Gasteiger partial charge in [-0.25, -0.2) is 0 Å². The number of carbonyl (C=O) groups is 1. The highest BCUT2D eigenvalue weighted by molar-refractivity contribution is 5.94. The summed E-state index contributed by atoms with van der Waals surface area (Å²) in [4.78, 5) is 14.9. The van der Waals surface area contributed by atoms with Crippen LogP contribution in [0.2, 0.25) is 0 Å². The maximum Gasteiger partial charge on any atom is 0.252 e. The molecule has 2 heterocycles. The summed E-state index contributed by atoms with van der Waals surface area (Å²) in [7, 11) is 0. The number of nitrogens with one attached hydrogen (secondary N) is 1. The molecule has 4 heteroatoms. The Balaban J connectivity index is 1.90. The SMILES string of the molecule is C[C@@]12c3ccccc3N(c3ccccc3)[C@]1(c1ccccc1)NC(=O)[C@@H]2O. The molecule has 3 aromatic rings. The van der Waals surface area contributed by atoms with Crippen LogP contribution in [-0.4, -0.2) is 17.1 Å². The van der Waals surface area contributed by atoms with Crippen molar-refractivity contribution in [3.63, 3.8) is 0 Å². The van der Waals surface area contributed by atoms with E-state index in [2.05, 4.69) is 16.3 Å². The highest BCUT2D eigenvalue weighted by atomic mass is 16.3. The van der Waals surface area contributed by atoms with Gasteiger partial charge in [0.15, 0.2) is 5.66 Å². The van der Waals surface area contributed by atoms with Crippen molar-refractivity contribution in [2.24, 2.45) is 0 Å². The van der Waals surface area contributed by atoms with E-state index in [0.29, 0.717) is 0 Å². The van der Waals surface area contributed by atoms with Crippen LogP contribution in [0.25, 0.3) is 0 Å². The van der Waals surface area contributed by atoms with E-state index in [0.717, 1.165) is 22.5 Å². The number of carbonyl (C=O) groups excluding carboxylic acids is 1. The zero-order valence-electron chi connectivity index (χ0n) is 15.0. The summed E-state index contributed by atoms with van der Waals surface area (Å²) in [5.74, 6) is -0.350. The van der Waals surface area contributed by atoms with Crippen LogP contribution in [0.5, 0.6) is 0 Å².